The monoisotopic (exact) mass is 275 g/mol. The second kappa shape index (κ2) is 8.00. The molecule has 4 nitrogen and oxygen atoms in total. The van der Waals surface area contributed by atoms with Crippen LogP contribution in [-0.4, -0.2) is 41.5 Å². The summed E-state index contributed by atoms with van der Waals surface area (Å²) in [5.74, 6) is 0.248. The van der Waals surface area contributed by atoms with Crippen molar-refractivity contribution in [2.75, 3.05) is 19.6 Å². The summed E-state index contributed by atoms with van der Waals surface area (Å²) < 4.78 is 0. The number of carbonyl (C=O) groups is 1. The Morgan fingerprint density at radius 1 is 1.35 bits per heavy atom. The van der Waals surface area contributed by atoms with Crippen LogP contribution in [0.15, 0.2) is 24.5 Å². The molecule has 0 spiro atoms. The van der Waals surface area contributed by atoms with E-state index in [-0.39, 0.29) is 11.9 Å². The maximum absolute atomic E-state index is 12.3. The van der Waals surface area contributed by atoms with Crippen molar-refractivity contribution in [3.63, 3.8) is 0 Å². The van der Waals surface area contributed by atoms with Crippen LogP contribution >= 0.6 is 0 Å². The number of nitrogens with zero attached hydrogens (tertiary/aromatic N) is 2. The summed E-state index contributed by atoms with van der Waals surface area (Å²) in [4.78, 5) is 18.5. The van der Waals surface area contributed by atoms with Gasteiger partial charge in [-0.1, -0.05) is 18.9 Å². The van der Waals surface area contributed by atoms with Crippen LogP contribution < -0.4 is 5.32 Å². The van der Waals surface area contributed by atoms with Gasteiger partial charge in [0.2, 0.25) is 5.91 Å². The fourth-order valence-electron chi connectivity index (χ4n) is 2.63. The highest BCUT2D eigenvalue weighted by Crippen LogP contribution is 2.10. The molecule has 1 aliphatic rings. The molecule has 1 fully saturated rings. The highest BCUT2D eigenvalue weighted by atomic mass is 16.2. The molecule has 1 atom stereocenters. The number of aromatic nitrogens is 1. The van der Waals surface area contributed by atoms with E-state index in [1.54, 1.807) is 6.20 Å². The number of nitrogens with one attached hydrogen (secondary N) is 1. The second-order valence-electron chi connectivity index (χ2n) is 5.53. The van der Waals surface area contributed by atoms with Gasteiger partial charge in [0.1, 0.15) is 0 Å². The Kier molecular flexibility index (Phi) is 5.99. The van der Waals surface area contributed by atoms with Gasteiger partial charge in [-0.15, -0.1) is 0 Å². The summed E-state index contributed by atoms with van der Waals surface area (Å²) >= 11 is 0. The average molecular weight is 275 g/mol. The van der Waals surface area contributed by atoms with Crippen LogP contribution in [0.2, 0.25) is 0 Å². The standard InChI is InChI=1S/C16H25N3O/c1-14(16(20)19-11-4-2-3-5-12-19)18-10-8-15-7-6-9-17-13-15/h6-7,9,13-14,18H,2-5,8,10-12H2,1H3. The van der Waals surface area contributed by atoms with Crippen LogP contribution in [-0.2, 0) is 11.2 Å². The lowest BCUT2D eigenvalue weighted by atomic mass is 10.2. The fourth-order valence-corrected chi connectivity index (χ4v) is 2.63. The highest BCUT2D eigenvalue weighted by molar-refractivity contribution is 5.81. The molecule has 0 bridgehead atoms. The molecule has 0 aromatic carbocycles. The first-order valence-corrected chi connectivity index (χ1v) is 7.68. The lowest BCUT2D eigenvalue weighted by molar-refractivity contribution is -0.133. The van der Waals surface area contributed by atoms with Crippen molar-refractivity contribution >= 4 is 5.91 Å². The minimum Gasteiger partial charge on any atom is -0.341 e. The zero-order valence-corrected chi connectivity index (χ0v) is 12.3. The summed E-state index contributed by atoms with van der Waals surface area (Å²) in [5.41, 5.74) is 1.20. The van der Waals surface area contributed by atoms with Crippen LogP contribution in [0.5, 0.6) is 0 Å². The van der Waals surface area contributed by atoms with Gasteiger partial charge >= 0.3 is 0 Å². The van der Waals surface area contributed by atoms with Crippen molar-refractivity contribution in [3.05, 3.63) is 30.1 Å². The predicted octanol–water partition coefficient (Wildman–Crippen LogP) is 2.00. The van der Waals surface area contributed by atoms with E-state index < -0.39 is 0 Å². The van der Waals surface area contributed by atoms with Crippen molar-refractivity contribution in [1.82, 2.24) is 15.2 Å². The summed E-state index contributed by atoms with van der Waals surface area (Å²) in [6.45, 7) is 4.63. The smallest absolute Gasteiger partial charge is 0.239 e. The molecule has 0 radical (unpaired) electrons. The van der Waals surface area contributed by atoms with Gasteiger partial charge in [-0.3, -0.25) is 9.78 Å². The number of hydrogen-bond acceptors (Lipinski definition) is 3. The van der Waals surface area contributed by atoms with Gasteiger partial charge in [0.15, 0.2) is 0 Å². The molecular weight excluding hydrogens is 250 g/mol. The summed E-state index contributed by atoms with van der Waals surface area (Å²) in [6, 6.07) is 3.92. The number of likely N-dealkylation sites (tertiary alicyclic amines) is 1. The third-order valence-electron chi connectivity index (χ3n) is 3.88. The third-order valence-corrected chi connectivity index (χ3v) is 3.88. The summed E-state index contributed by atoms with van der Waals surface area (Å²) in [5, 5.41) is 3.33. The molecule has 1 aromatic heterocycles. The second-order valence-corrected chi connectivity index (χ2v) is 5.53. The maximum atomic E-state index is 12.3. The number of carbonyl (C=O) groups excluding carboxylic acids is 1. The predicted molar refractivity (Wildman–Crippen MR) is 80.5 cm³/mol. The fraction of sp³-hybridized carbons (Fsp3) is 0.625. The lowest BCUT2D eigenvalue weighted by Crippen LogP contribution is -2.45. The molecule has 0 aliphatic carbocycles. The average Bonchev–Trinajstić information content (AvgIpc) is 2.76. The van der Waals surface area contributed by atoms with Gasteiger partial charge in [-0.25, -0.2) is 0 Å². The van der Waals surface area contributed by atoms with Crippen molar-refractivity contribution in [2.45, 2.75) is 45.1 Å². The topological polar surface area (TPSA) is 45.2 Å². The maximum Gasteiger partial charge on any atom is 0.239 e. The van der Waals surface area contributed by atoms with Gasteiger partial charge in [0.05, 0.1) is 6.04 Å². The molecule has 1 saturated heterocycles. The van der Waals surface area contributed by atoms with Crippen LogP contribution in [0, 0.1) is 0 Å². The molecule has 1 aliphatic heterocycles. The molecule has 2 heterocycles. The van der Waals surface area contributed by atoms with Crippen LogP contribution in [0.3, 0.4) is 0 Å². The van der Waals surface area contributed by atoms with E-state index in [1.807, 2.05) is 24.1 Å². The molecule has 0 saturated carbocycles. The summed E-state index contributed by atoms with van der Waals surface area (Å²) in [6.07, 6.45) is 9.37. The zero-order chi connectivity index (χ0) is 14.2. The van der Waals surface area contributed by atoms with E-state index in [4.69, 9.17) is 0 Å². The molecule has 1 unspecified atom stereocenters. The van der Waals surface area contributed by atoms with Crippen molar-refractivity contribution in [1.29, 1.82) is 0 Å². The van der Waals surface area contributed by atoms with Crippen molar-refractivity contribution < 1.29 is 4.79 Å². The van der Waals surface area contributed by atoms with E-state index in [1.165, 1.54) is 18.4 Å². The van der Waals surface area contributed by atoms with E-state index in [2.05, 4.69) is 16.4 Å². The Labute approximate surface area is 121 Å². The Morgan fingerprint density at radius 3 is 2.75 bits per heavy atom. The number of amides is 1. The molecule has 4 heteroatoms. The van der Waals surface area contributed by atoms with E-state index >= 15 is 0 Å². The number of rotatable bonds is 5. The highest BCUT2D eigenvalue weighted by Gasteiger charge is 2.20. The van der Waals surface area contributed by atoms with Gasteiger partial charge in [-0.2, -0.15) is 0 Å². The Morgan fingerprint density at radius 2 is 2.10 bits per heavy atom. The van der Waals surface area contributed by atoms with Crippen molar-refractivity contribution in [3.8, 4) is 0 Å². The zero-order valence-electron chi connectivity index (χ0n) is 12.3. The van der Waals surface area contributed by atoms with Crippen molar-refractivity contribution in [2.24, 2.45) is 0 Å². The summed E-state index contributed by atoms with van der Waals surface area (Å²) in [7, 11) is 0. The van der Waals surface area contributed by atoms with Gasteiger partial charge in [0, 0.05) is 25.5 Å². The minimum absolute atomic E-state index is 0.0928. The van der Waals surface area contributed by atoms with Gasteiger partial charge < -0.3 is 10.2 Å². The van der Waals surface area contributed by atoms with E-state index in [9.17, 15) is 4.79 Å². The third kappa shape index (κ3) is 4.60. The van der Waals surface area contributed by atoms with Crippen LogP contribution in [0.4, 0.5) is 0 Å². The first-order valence-electron chi connectivity index (χ1n) is 7.68. The first kappa shape index (κ1) is 15.0. The van der Waals surface area contributed by atoms with E-state index in [0.717, 1.165) is 38.9 Å². The Hall–Kier alpha value is -1.42. The van der Waals surface area contributed by atoms with E-state index in [0.29, 0.717) is 0 Å². The quantitative estimate of drug-likeness (QED) is 0.894. The first-order chi connectivity index (χ1) is 9.77. The molecule has 20 heavy (non-hydrogen) atoms. The molecule has 2 rings (SSSR count). The van der Waals surface area contributed by atoms with Gasteiger partial charge in [-0.05, 0) is 44.4 Å². The molecular formula is C16H25N3O. The molecule has 1 amide bonds. The minimum atomic E-state index is -0.0928. The molecule has 110 valence electrons. The molecule has 1 N–H and O–H groups in total. The largest absolute Gasteiger partial charge is 0.341 e. The number of hydrogen-bond donors (Lipinski definition) is 1. The van der Waals surface area contributed by atoms with Crippen LogP contribution in [0.1, 0.15) is 38.2 Å². The van der Waals surface area contributed by atoms with Gasteiger partial charge in [0.25, 0.3) is 0 Å². The Bertz CT molecular complexity index is 399. The molecule has 1 aromatic rings. The lowest BCUT2D eigenvalue weighted by Gasteiger charge is -2.24. The normalized spacial score (nSPS) is 17.6. The number of pyridine rings is 1. The Balaban J connectivity index is 1.73. The van der Waals surface area contributed by atoms with Crippen LogP contribution in [0.25, 0.3) is 0 Å². The SMILES string of the molecule is CC(NCCc1cccnc1)C(=O)N1CCCCCC1.